The van der Waals surface area contributed by atoms with Crippen molar-refractivity contribution in [2.45, 2.75) is 26.4 Å². The highest BCUT2D eigenvalue weighted by molar-refractivity contribution is 6.06. The smallest absolute Gasteiger partial charge is 0.283 e. The first kappa shape index (κ1) is 12.2. The molecule has 2 heterocycles. The van der Waals surface area contributed by atoms with E-state index in [1.165, 1.54) is 19.3 Å². The largest absolute Gasteiger partial charge is 0.459 e. The van der Waals surface area contributed by atoms with Gasteiger partial charge in [0.2, 0.25) is 0 Å². The Kier molecular flexibility index (Phi) is 2.82. The maximum atomic E-state index is 11.5. The molecule has 0 atom stereocenters. The zero-order valence-corrected chi connectivity index (χ0v) is 10.2. The summed E-state index contributed by atoms with van der Waals surface area (Å²) in [5, 5.41) is 3.76. The number of ketones is 1. The molecule has 0 fully saturated rings. The number of amides is 1. The van der Waals surface area contributed by atoms with Crippen LogP contribution in [0.2, 0.25) is 0 Å². The van der Waals surface area contributed by atoms with Crippen molar-refractivity contribution in [3.63, 3.8) is 0 Å². The lowest BCUT2D eigenvalue weighted by Crippen LogP contribution is -2.48. The fraction of sp³-hybridized carbons (Fsp3) is 0.364. The summed E-state index contributed by atoms with van der Waals surface area (Å²) in [4.78, 5) is 30.9. The molecular formula is C11H12N4O3. The van der Waals surface area contributed by atoms with Crippen LogP contribution in [0.4, 0.5) is 0 Å². The molecule has 0 aromatic carbocycles. The van der Waals surface area contributed by atoms with Gasteiger partial charge in [0.15, 0.2) is 17.1 Å². The highest BCUT2D eigenvalue weighted by Crippen LogP contribution is 2.17. The molecule has 18 heavy (non-hydrogen) atoms. The number of hydrazone groups is 1. The van der Waals surface area contributed by atoms with Gasteiger partial charge in [-0.1, -0.05) is 0 Å². The monoisotopic (exact) mass is 248 g/mol. The first-order valence-corrected chi connectivity index (χ1v) is 5.31. The molecule has 0 unspecified atom stereocenters. The predicted octanol–water partition coefficient (Wildman–Crippen LogP) is 0.266. The third-order valence-corrected chi connectivity index (χ3v) is 2.39. The summed E-state index contributed by atoms with van der Waals surface area (Å²) in [6.07, 6.45) is 2.84. The van der Waals surface area contributed by atoms with Gasteiger partial charge in [-0.25, -0.2) is 15.4 Å². The normalized spacial score (nSPS) is 17.5. The number of ether oxygens (including phenoxy) is 1. The number of nitrogens with one attached hydrogen (secondary N) is 1. The van der Waals surface area contributed by atoms with Crippen LogP contribution in [-0.2, 0) is 9.53 Å². The van der Waals surface area contributed by atoms with Crippen LogP contribution in [-0.4, -0.2) is 33.2 Å². The minimum absolute atomic E-state index is 0.0814. The average molecular weight is 248 g/mol. The van der Waals surface area contributed by atoms with E-state index in [1.807, 2.05) is 0 Å². The third kappa shape index (κ3) is 2.06. The Morgan fingerprint density at radius 2 is 2.00 bits per heavy atom. The zero-order chi connectivity index (χ0) is 13.3. The fourth-order valence-electron chi connectivity index (χ4n) is 1.40. The van der Waals surface area contributed by atoms with Gasteiger partial charge in [-0.2, -0.15) is 0 Å². The number of hydrogen-bond donors (Lipinski definition) is 1. The van der Waals surface area contributed by atoms with Crippen molar-refractivity contribution in [3.8, 4) is 0 Å². The van der Waals surface area contributed by atoms with Gasteiger partial charge in [0.1, 0.15) is 5.69 Å². The number of hydrogen-bond acceptors (Lipinski definition) is 6. The molecule has 7 nitrogen and oxygen atoms in total. The van der Waals surface area contributed by atoms with Crippen LogP contribution >= 0.6 is 0 Å². The summed E-state index contributed by atoms with van der Waals surface area (Å²) in [6, 6.07) is 0. The van der Waals surface area contributed by atoms with Crippen molar-refractivity contribution in [3.05, 3.63) is 23.8 Å². The van der Waals surface area contributed by atoms with E-state index in [4.69, 9.17) is 4.74 Å². The van der Waals surface area contributed by atoms with E-state index in [2.05, 4.69) is 20.5 Å². The Morgan fingerprint density at radius 3 is 2.61 bits per heavy atom. The van der Waals surface area contributed by atoms with Crippen molar-refractivity contribution in [1.82, 2.24) is 15.4 Å². The molecule has 0 radical (unpaired) electrons. The number of carbonyl (C=O) groups is 2. The molecule has 0 spiro atoms. The van der Waals surface area contributed by atoms with Crippen LogP contribution in [0.5, 0.6) is 0 Å². The van der Waals surface area contributed by atoms with Crippen LogP contribution in [0, 0.1) is 0 Å². The molecule has 1 N–H and O–H groups in total. The van der Waals surface area contributed by atoms with E-state index in [9.17, 15) is 9.59 Å². The van der Waals surface area contributed by atoms with Crippen LogP contribution in [0.25, 0.3) is 0 Å². The Hall–Kier alpha value is -2.31. The van der Waals surface area contributed by atoms with E-state index in [0.29, 0.717) is 0 Å². The molecule has 1 aliphatic rings. The highest BCUT2D eigenvalue weighted by atomic mass is 16.5. The molecule has 0 aliphatic carbocycles. The summed E-state index contributed by atoms with van der Waals surface area (Å²) in [7, 11) is 0. The maximum Gasteiger partial charge on any atom is 0.283 e. The molecular weight excluding hydrogens is 236 g/mol. The molecule has 1 amide bonds. The van der Waals surface area contributed by atoms with Crippen LogP contribution < -0.4 is 5.43 Å². The van der Waals surface area contributed by atoms with Crippen molar-refractivity contribution < 1.29 is 14.3 Å². The van der Waals surface area contributed by atoms with Crippen LogP contribution in [0.1, 0.15) is 37.0 Å². The second-order valence-electron chi connectivity index (χ2n) is 4.28. The Bertz CT molecular complexity index is 551. The quantitative estimate of drug-likeness (QED) is 0.758. The van der Waals surface area contributed by atoms with Crippen molar-refractivity contribution in [2.75, 3.05) is 0 Å². The Balaban J connectivity index is 2.45. The standard InChI is InChI=1S/C11H12N4O3/c1-6(16)7-8(13-5-4-12-7)9-14-15-10(17)11(2,3)18-9/h4-5H,1-3H3,(H,15,17). The lowest BCUT2D eigenvalue weighted by atomic mass is 10.1. The SMILES string of the molecule is CC(=O)c1nccnc1C1=NNC(=O)C(C)(C)O1. The van der Waals surface area contributed by atoms with Gasteiger partial charge in [0.25, 0.3) is 11.8 Å². The summed E-state index contributed by atoms with van der Waals surface area (Å²) in [6.45, 7) is 4.57. The Labute approximate surface area is 103 Å². The van der Waals surface area contributed by atoms with E-state index >= 15 is 0 Å². The fourth-order valence-corrected chi connectivity index (χ4v) is 1.40. The summed E-state index contributed by atoms with van der Waals surface area (Å²) in [5.74, 6) is -0.531. The minimum atomic E-state index is -1.07. The van der Waals surface area contributed by atoms with Gasteiger partial charge < -0.3 is 4.74 Å². The van der Waals surface area contributed by atoms with E-state index in [1.54, 1.807) is 13.8 Å². The molecule has 7 heteroatoms. The van der Waals surface area contributed by atoms with E-state index in [-0.39, 0.29) is 29.0 Å². The summed E-state index contributed by atoms with van der Waals surface area (Å²) in [5.41, 5.74) is 1.64. The van der Waals surface area contributed by atoms with Crippen LogP contribution in [0.3, 0.4) is 0 Å². The molecule has 2 rings (SSSR count). The maximum absolute atomic E-state index is 11.5. The second-order valence-corrected chi connectivity index (χ2v) is 4.28. The first-order chi connectivity index (χ1) is 8.42. The molecule has 0 bridgehead atoms. The summed E-state index contributed by atoms with van der Waals surface area (Å²) >= 11 is 0. The second kappa shape index (κ2) is 4.17. The number of nitrogens with zero attached hydrogens (tertiary/aromatic N) is 3. The minimum Gasteiger partial charge on any atom is -0.459 e. The van der Waals surface area contributed by atoms with Gasteiger partial charge in [0, 0.05) is 19.3 Å². The summed E-state index contributed by atoms with van der Waals surface area (Å²) < 4.78 is 5.45. The average Bonchev–Trinajstić information content (AvgIpc) is 2.32. The van der Waals surface area contributed by atoms with Gasteiger partial charge in [0.05, 0.1) is 0 Å². The van der Waals surface area contributed by atoms with Gasteiger partial charge in [-0.05, 0) is 13.8 Å². The topological polar surface area (TPSA) is 93.5 Å². The lowest BCUT2D eigenvalue weighted by molar-refractivity contribution is -0.136. The lowest BCUT2D eigenvalue weighted by Gasteiger charge is -2.28. The number of carbonyl (C=O) groups excluding carboxylic acids is 2. The van der Waals surface area contributed by atoms with E-state index < -0.39 is 5.60 Å². The predicted molar refractivity (Wildman–Crippen MR) is 61.9 cm³/mol. The third-order valence-electron chi connectivity index (χ3n) is 2.39. The van der Waals surface area contributed by atoms with Crippen molar-refractivity contribution in [1.29, 1.82) is 0 Å². The first-order valence-electron chi connectivity index (χ1n) is 5.31. The van der Waals surface area contributed by atoms with Crippen LogP contribution in [0.15, 0.2) is 17.5 Å². The highest BCUT2D eigenvalue weighted by Gasteiger charge is 2.36. The molecule has 1 aromatic rings. The van der Waals surface area contributed by atoms with Gasteiger partial charge in [-0.3, -0.25) is 9.59 Å². The van der Waals surface area contributed by atoms with E-state index in [0.717, 1.165) is 0 Å². The van der Waals surface area contributed by atoms with Gasteiger partial charge in [-0.15, -0.1) is 5.10 Å². The molecule has 1 aliphatic heterocycles. The van der Waals surface area contributed by atoms with Crippen molar-refractivity contribution >= 4 is 17.6 Å². The Morgan fingerprint density at radius 1 is 1.33 bits per heavy atom. The molecule has 0 saturated carbocycles. The molecule has 1 aromatic heterocycles. The van der Waals surface area contributed by atoms with Crippen molar-refractivity contribution in [2.24, 2.45) is 5.10 Å². The molecule has 0 saturated heterocycles. The molecule has 94 valence electrons. The zero-order valence-electron chi connectivity index (χ0n) is 10.2. The number of Topliss-reactive ketones (excluding diaryl/α,β-unsaturated/α-hetero) is 1. The number of rotatable bonds is 2. The number of aromatic nitrogens is 2. The van der Waals surface area contributed by atoms with Gasteiger partial charge >= 0.3 is 0 Å².